The van der Waals surface area contributed by atoms with Gasteiger partial charge in [0.05, 0.1) is 18.8 Å². The first-order valence-corrected chi connectivity index (χ1v) is 3.60. The second kappa shape index (κ2) is 6.27. The summed E-state index contributed by atoms with van der Waals surface area (Å²) >= 11 is 0. The highest BCUT2D eigenvalue weighted by atomic mass is 16.3. The summed E-state index contributed by atoms with van der Waals surface area (Å²) in [4.78, 5) is 3.62. The van der Waals surface area contributed by atoms with Gasteiger partial charge in [0.15, 0.2) is 0 Å². The fourth-order valence-corrected chi connectivity index (χ4v) is 0.701. The van der Waals surface area contributed by atoms with Crippen molar-refractivity contribution in [2.24, 2.45) is 4.99 Å². The molecule has 0 fully saturated rings. The Kier molecular flexibility index (Phi) is 6.02. The molecule has 0 amide bonds. The largest absolute Gasteiger partial charge is 0.394 e. The minimum absolute atomic E-state index is 0.254. The molecule has 0 saturated carbocycles. The SMILES string of the molecule is CN=CC(O)CCC(O)CO. The summed E-state index contributed by atoms with van der Waals surface area (Å²) in [5.74, 6) is 0. The Morgan fingerprint density at radius 2 is 2.00 bits per heavy atom. The van der Waals surface area contributed by atoms with Gasteiger partial charge in [-0.3, -0.25) is 4.99 Å². The van der Waals surface area contributed by atoms with E-state index in [4.69, 9.17) is 15.3 Å². The zero-order chi connectivity index (χ0) is 8.69. The number of aliphatic hydroxyl groups is 3. The van der Waals surface area contributed by atoms with Crippen LogP contribution in [0.5, 0.6) is 0 Å². The average Bonchev–Trinajstić information content (AvgIpc) is 2.01. The summed E-state index contributed by atoms with van der Waals surface area (Å²) in [6.45, 7) is -0.254. The molecule has 66 valence electrons. The van der Waals surface area contributed by atoms with Gasteiger partial charge in [0.1, 0.15) is 0 Å². The lowest BCUT2D eigenvalue weighted by atomic mass is 10.1. The summed E-state index contributed by atoms with van der Waals surface area (Å²) in [5, 5.41) is 26.3. The molecule has 11 heavy (non-hydrogen) atoms. The van der Waals surface area contributed by atoms with Gasteiger partial charge in [-0.15, -0.1) is 0 Å². The lowest BCUT2D eigenvalue weighted by Gasteiger charge is -2.07. The van der Waals surface area contributed by atoms with E-state index >= 15 is 0 Å². The standard InChI is InChI=1S/C7H15NO3/c1-8-4-6(10)2-3-7(11)5-9/h4,6-7,9-11H,2-3,5H2,1H3. The van der Waals surface area contributed by atoms with Crippen molar-refractivity contribution in [3.8, 4) is 0 Å². The molecule has 3 N–H and O–H groups in total. The first-order chi connectivity index (χ1) is 5.20. The third kappa shape index (κ3) is 5.97. The topological polar surface area (TPSA) is 73.1 Å². The van der Waals surface area contributed by atoms with E-state index in [0.29, 0.717) is 12.8 Å². The van der Waals surface area contributed by atoms with Gasteiger partial charge in [-0.25, -0.2) is 0 Å². The molecule has 0 aliphatic rings. The number of nitrogens with zero attached hydrogens (tertiary/aromatic N) is 1. The second-order valence-corrected chi connectivity index (χ2v) is 2.39. The lowest BCUT2D eigenvalue weighted by molar-refractivity contribution is 0.0777. The minimum atomic E-state index is -0.727. The van der Waals surface area contributed by atoms with E-state index in [0.717, 1.165) is 0 Å². The molecule has 0 aliphatic carbocycles. The fraction of sp³-hybridized carbons (Fsp3) is 0.857. The van der Waals surface area contributed by atoms with Gasteiger partial charge in [0.25, 0.3) is 0 Å². The number of rotatable bonds is 5. The number of aliphatic imine (C=N–C) groups is 1. The Hall–Kier alpha value is -0.450. The van der Waals surface area contributed by atoms with E-state index in [9.17, 15) is 0 Å². The van der Waals surface area contributed by atoms with Crippen molar-refractivity contribution < 1.29 is 15.3 Å². The predicted molar refractivity (Wildman–Crippen MR) is 42.7 cm³/mol. The van der Waals surface area contributed by atoms with Crippen LogP contribution in [0, 0.1) is 0 Å². The van der Waals surface area contributed by atoms with Crippen molar-refractivity contribution in [2.75, 3.05) is 13.7 Å². The van der Waals surface area contributed by atoms with Crippen LogP contribution in [-0.4, -0.2) is 47.4 Å². The fourth-order valence-electron chi connectivity index (χ4n) is 0.701. The van der Waals surface area contributed by atoms with Gasteiger partial charge in [0, 0.05) is 13.3 Å². The smallest absolute Gasteiger partial charge is 0.0887 e. The van der Waals surface area contributed by atoms with Crippen LogP contribution in [0.2, 0.25) is 0 Å². The molecule has 0 aromatic rings. The lowest BCUT2D eigenvalue weighted by Crippen LogP contribution is -2.16. The zero-order valence-electron chi connectivity index (χ0n) is 6.64. The van der Waals surface area contributed by atoms with E-state index in [1.807, 2.05) is 0 Å². The maximum atomic E-state index is 9.05. The van der Waals surface area contributed by atoms with Crippen LogP contribution in [-0.2, 0) is 0 Å². The van der Waals surface area contributed by atoms with Crippen molar-refractivity contribution in [1.29, 1.82) is 0 Å². The zero-order valence-corrected chi connectivity index (χ0v) is 6.64. The molecule has 0 bridgehead atoms. The molecule has 0 spiro atoms. The van der Waals surface area contributed by atoms with Crippen LogP contribution < -0.4 is 0 Å². The highest BCUT2D eigenvalue weighted by Crippen LogP contribution is 1.99. The summed E-state index contributed by atoms with van der Waals surface area (Å²) in [7, 11) is 1.58. The Balaban J connectivity index is 3.37. The molecular weight excluding hydrogens is 146 g/mol. The van der Waals surface area contributed by atoms with Gasteiger partial charge >= 0.3 is 0 Å². The molecule has 2 unspecified atom stereocenters. The Bertz CT molecular complexity index is 116. The van der Waals surface area contributed by atoms with E-state index in [-0.39, 0.29) is 6.61 Å². The molecule has 0 heterocycles. The summed E-state index contributed by atoms with van der Waals surface area (Å²) in [5.41, 5.74) is 0. The number of hydrogen-bond donors (Lipinski definition) is 3. The second-order valence-electron chi connectivity index (χ2n) is 2.39. The Labute approximate surface area is 66.2 Å². The highest BCUT2D eigenvalue weighted by molar-refractivity contribution is 5.62. The summed E-state index contributed by atoms with van der Waals surface area (Å²) < 4.78 is 0. The van der Waals surface area contributed by atoms with Gasteiger partial charge in [-0.1, -0.05) is 0 Å². The van der Waals surface area contributed by atoms with Crippen molar-refractivity contribution in [3.63, 3.8) is 0 Å². The molecule has 0 aromatic heterocycles. The first kappa shape index (κ1) is 10.6. The average molecular weight is 161 g/mol. The van der Waals surface area contributed by atoms with Gasteiger partial charge in [-0.2, -0.15) is 0 Å². The monoisotopic (exact) mass is 161 g/mol. The molecule has 4 nitrogen and oxygen atoms in total. The predicted octanol–water partition coefficient (Wildman–Crippen LogP) is -0.819. The van der Waals surface area contributed by atoms with E-state index in [1.54, 1.807) is 7.05 Å². The number of hydrogen-bond acceptors (Lipinski definition) is 4. The van der Waals surface area contributed by atoms with Crippen LogP contribution in [0.25, 0.3) is 0 Å². The Morgan fingerprint density at radius 1 is 1.36 bits per heavy atom. The normalized spacial score (nSPS) is 17.1. The molecule has 0 aliphatic heterocycles. The van der Waals surface area contributed by atoms with Gasteiger partial charge in [-0.05, 0) is 12.8 Å². The van der Waals surface area contributed by atoms with Gasteiger partial charge in [0.2, 0.25) is 0 Å². The van der Waals surface area contributed by atoms with Gasteiger partial charge < -0.3 is 15.3 Å². The molecular formula is C7H15NO3. The highest BCUT2D eigenvalue weighted by Gasteiger charge is 2.05. The van der Waals surface area contributed by atoms with Crippen LogP contribution in [0.3, 0.4) is 0 Å². The molecule has 0 radical (unpaired) electrons. The van der Waals surface area contributed by atoms with Crippen LogP contribution in [0.1, 0.15) is 12.8 Å². The summed E-state index contributed by atoms with van der Waals surface area (Å²) in [6.07, 6.45) is 0.892. The molecule has 2 atom stereocenters. The van der Waals surface area contributed by atoms with E-state index in [2.05, 4.69) is 4.99 Å². The van der Waals surface area contributed by atoms with Crippen molar-refractivity contribution in [3.05, 3.63) is 0 Å². The minimum Gasteiger partial charge on any atom is -0.394 e. The van der Waals surface area contributed by atoms with E-state index in [1.165, 1.54) is 6.21 Å². The third-order valence-electron chi connectivity index (χ3n) is 1.33. The van der Waals surface area contributed by atoms with Crippen molar-refractivity contribution in [2.45, 2.75) is 25.0 Å². The van der Waals surface area contributed by atoms with Crippen LogP contribution in [0.4, 0.5) is 0 Å². The van der Waals surface area contributed by atoms with Crippen molar-refractivity contribution in [1.82, 2.24) is 0 Å². The van der Waals surface area contributed by atoms with Crippen LogP contribution >= 0.6 is 0 Å². The maximum absolute atomic E-state index is 9.05. The van der Waals surface area contributed by atoms with Crippen LogP contribution in [0.15, 0.2) is 4.99 Å². The van der Waals surface area contributed by atoms with E-state index < -0.39 is 12.2 Å². The summed E-state index contributed by atoms with van der Waals surface area (Å²) in [6, 6.07) is 0. The molecule has 0 rings (SSSR count). The molecule has 4 heteroatoms. The van der Waals surface area contributed by atoms with Crippen molar-refractivity contribution >= 4 is 6.21 Å². The Morgan fingerprint density at radius 3 is 2.45 bits per heavy atom. The number of aliphatic hydroxyl groups excluding tert-OH is 3. The molecule has 0 aromatic carbocycles. The first-order valence-electron chi connectivity index (χ1n) is 3.60. The maximum Gasteiger partial charge on any atom is 0.0887 e. The quantitative estimate of drug-likeness (QED) is 0.461. The third-order valence-corrected chi connectivity index (χ3v) is 1.33. The molecule has 0 saturated heterocycles.